The minimum Gasteiger partial charge on any atom is -0.465 e. The number of anilines is 1. The van der Waals surface area contributed by atoms with Crippen LogP contribution in [-0.4, -0.2) is 38.6 Å². The van der Waals surface area contributed by atoms with Gasteiger partial charge in [0.15, 0.2) is 0 Å². The largest absolute Gasteiger partial charge is 0.465 e. The van der Waals surface area contributed by atoms with Gasteiger partial charge in [0.25, 0.3) is 0 Å². The maximum atomic E-state index is 11.4. The average molecular weight is 300 g/mol. The molecule has 0 fully saturated rings. The number of carbonyl (C=O) groups is 3. The van der Waals surface area contributed by atoms with E-state index in [1.54, 1.807) is 6.07 Å². The second kappa shape index (κ2) is 7.34. The standard InChI is InChI=1S/C12H14ClN3O4/c1-14-12(19)16-10(17)6-15-7-3-4-9(13)8(5-7)11(18)20-2/h3-5,15H,6H2,1-2H3,(H2,14,16,17,19). The van der Waals surface area contributed by atoms with Gasteiger partial charge in [0.2, 0.25) is 5.91 Å². The third-order valence-corrected chi connectivity index (χ3v) is 2.63. The van der Waals surface area contributed by atoms with Gasteiger partial charge in [-0.3, -0.25) is 10.1 Å². The topological polar surface area (TPSA) is 96.5 Å². The Kier molecular flexibility index (Phi) is 5.79. The molecule has 1 aromatic rings. The molecule has 3 N–H and O–H groups in total. The van der Waals surface area contributed by atoms with Crippen LogP contribution in [0.4, 0.5) is 10.5 Å². The fraction of sp³-hybridized carbons (Fsp3) is 0.250. The van der Waals surface area contributed by atoms with E-state index in [2.05, 4.69) is 20.7 Å². The van der Waals surface area contributed by atoms with E-state index in [-0.39, 0.29) is 17.1 Å². The molecular weight excluding hydrogens is 286 g/mol. The number of rotatable bonds is 4. The van der Waals surface area contributed by atoms with Crippen LogP contribution in [0.1, 0.15) is 10.4 Å². The lowest BCUT2D eigenvalue weighted by molar-refractivity contribution is -0.118. The molecule has 3 amide bonds. The molecule has 108 valence electrons. The molecule has 1 rings (SSSR count). The van der Waals surface area contributed by atoms with Gasteiger partial charge >= 0.3 is 12.0 Å². The van der Waals surface area contributed by atoms with Crippen LogP contribution >= 0.6 is 11.6 Å². The molecule has 7 nitrogen and oxygen atoms in total. The zero-order valence-electron chi connectivity index (χ0n) is 11.0. The Hall–Kier alpha value is -2.28. The van der Waals surface area contributed by atoms with Crippen LogP contribution in [0.25, 0.3) is 0 Å². The molecule has 0 unspecified atom stereocenters. The van der Waals surface area contributed by atoms with Crippen molar-refractivity contribution in [3.63, 3.8) is 0 Å². The lowest BCUT2D eigenvalue weighted by Gasteiger charge is -2.09. The summed E-state index contributed by atoms with van der Waals surface area (Å²) in [6.45, 7) is -0.129. The number of nitrogens with one attached hydrogen (secondary N) is 3. The number of ether oxygens (including phenoxy) is 1. The zero-order valence-corrected chi connectivity index (χ0v) is 11.7. The van der Waals surface area contributed by atoms with Gasteiger partial charge in [-0.15, -0.1) is 0 Å². The number of amides is 3. The number of urea groups is 1. The molecule has 0 saturated carbocycles. The fourth-order valence-corrected chi connectivity index (χ4v) is 1.51. The molecule has 0 aliphatic rings. The highest BCUT2D eigenvalue weighted by Gasteiger charge is 2.12. The Morgan fingerprint density at radius 2 is 2.00 bits per heavy atom. The number of methoxy groups -OCH3 is 1. The first kappa shape index (κ1) is 15.8. The summed E-state index contributed by atoms with van der Waals surface area (Å²) in [5.41, 5.74) is 0.688. The SMILES string of the molecule is CNC(=O)NC(=O)CNc1ccc(Cl)c(C(=O)OC)c1. The third kappa shape index (κ3) is 4.43. The van der Waals surface area contributed by atoms with Crippen LogP contribution in [0.5, 0.6) is 0 Å². The normalized spacial score (nSPS) is 9.55. The van der Waals surface area contributed by atoms with Gasteiger partial charge in [0.05, 0.1) is 24.2 Å². The van der Waals surface area contributed by atoms with Gasteiger partial charge in [-0.2, -0.15) is 0 Å². The molecule has 0 bridgehead atoms. The molecule has 8 heteroatoms. The van der Waals surface area contributed by atoms with Crippen molar-refractivity contribution in [3.8, 4) is 0 Å². The number of hydrogen-bond donors (Lipinski definition) is 3. The fourth-order valence-electron chi connectivity index (χ4n) is 1.32. The minimum absolute atomic E-state index is 0.129. The van der Waals surface area contributed by atoms with Crippen molar-refractivity contribution >= 4 is 35.2 Å². The van der Waals surface area contributed by atoms with E-state index in [0.29, 0.717) is 5.69 Å². The number of halogens is 1. The van der Waals surface area contributed by atoms with E-state index in [9.17, 15) is 14.4 Å². The Morgan fingerprint density at radius 1 is 1.30 bits per heavy atom. The van der Waals surface area contributed by atoms with E-state index in [1.807, 2.05) is 0 Å². The Balaban J connectivity index is 2.67. The molecule has 0 atom stereocenters. The number of esters is 1. The van der Waals surface area contributed by atoms with Gasteiger partial charge < -0.3 is 15.4 Å². The van der Waals surface area contributed by atoms with Crippen molar-refractivity contribution in [1.82, 2.24) is 10.6 Å². The maximum Gasteiger partial charge on any atom is 0.339 e. The number of hydrogen-bond acceptors (Lipinski definition) is 5. The monoisotopic (exact) mass is 299 g/mol. The zero-order chi connectivity index (χ0) is 15.1. The molecule has 0 saturated heterocycles. The summed E-state index contributed by atoms with van der Waals surface area (Å²) < 4.78 is 4.58. The summed E-state index contributed by atoms with van der Waals surface area (Å²) in [6.07, 6.45) is 0. The molecule has 0 aliphatic carbocycles. The molecule has 0 heterocycles. The Labute approximate surface area is 120 Å². The smallest absolute Gasteiger partial charge is 0.339 e. The van der Waals surface area contributed by atoms with E-state index in [0.717, 1.165) is 0 Å². The van der Waals surface area contributed by atoms with E-state index in [1.165, 1.54) is 26.3 Å². The van der Waals surface area contributed by atoms with Crippen molar-refractivity contribution in [2.24, 2.45) is 0 Å². The summed E-state index contributed by atoms with van der Waals surface area (Å²) in [7, 11) is 2.65. The average Bonchev–Trinajstić information content (AvgIpc) is 2.45. The second-order valence-corrected chi connectivity index (χ2v) is 4.07. The number of benzene rings is 1. The van der Waals surface area contributed by atoms with Crippen LogP contribution in [0.3, 0.4) is 0 Å². The molecule has 0 aromatic heterocycles. The van der Waals surface area contributed by atoms with Gasteiger partial charge in [-0.05, 0) is 18.2 Å². The summed E-state index contributed by atoms with van der Waals surface area (Å²) in [4.78, 5) is 33.7. The van der Waals surface area contributed by atoms with Crippen LogP contribution in [0.15, 0.2) is 18.2 Å². The maximum absolute atomic E-state index is 11.4. The van der Waals surface area contributed by atoms with Crippen molar-refractivity contribution in [1.29, 1.82) is 0 Å². The molecule has 1 aromatic carbocycles. The van der Waals surface area contributed by atoms with Gasteiger partial charge in [0, 0.05) is 12.7 Å². The quantitative estimate of drug-likeness (QED) is 0.721. The predicted octanol–water partition coefficient (Wildman–Crippen LogP) is 0.994. The first-order valence-corrected chi connectivity index (χ1v) is 5.99. The van der Waals surface area contributed by atoms with Gasteiger partial charge in [-0.25, -0.2) is 9.59 Å². The summed E-state index contributed by atoms with van der Waals surface area (Å²) in [5, 5.41) is 7.36. The lowest BCUT2D eigenvalue weighted by Crippen LogP contribution is -2.40. The highest BCUT2D eigenvalue weighted by molar-refractivity contribution is 6.33. The van der Waals surface area contributed by atoms with Crippen LogP contribution in [0, 0.1) is 0 Å². The molecule has 0 spiro atoms. The van der Waals surface area contributed by atoms with Crippen molar-refractivity contribution < 1.29 is 19.1 Å². The number of imide groups is 1. The Morgan fingerprint density at radius 3 is 2.60 bits per heavy atom. The van der Waals surface area contributed by atoms with Gasteiger partial charge in [-0.1, -0.05) is 11.6 Å². The lowest BCUT2D eigenvalue weighted by atomic mass is 10.2. The van der Waals surface area contributed by atoms with Crippen LogP contribution in [0.2, 0.25) is 5.02 Å². The first-order valence-electron chi connectivity index (χ1n) is 5.61. The Bertz CT molecular complexity index is 533. The van der Waals surface area contributed by atoms with Crippen molar-refractivity contribution in [3.05, 3.63) is 28.8 Å². The summed E-state index contributed by atoms with van der Waals surface area (Å²) in [6, 6.07) is 3.97. The molecular formula is C12H14ClN3O4. The predicted molar refractivity (Wildman–Crippen MR) is 73.9 cm³/mol. The summed E-state index contributed by atoms with van der Waals surface area (Å²) >= 11 is 5.86. The van der Waals surface area contributed by atoms with Crippen LogP contribution < -0.4 is 16.0 Å². The highest BCUT2D eigenvalue weighted by atomic mass is 35.5. The first-order chi connectivity index (χ1) is 9.47. The van der Waals surface area contributed by atoms with E-state index >= 15 is 0 Å². The minimum atomic E-state index is -0.594. The van der Waals surface area contributed by atoms with E-state index in [4.69, 9.17) is 11.6 Å². The van der Waals surface area contributed by atoms with Crippen LogP contribution in [-0.2, 0) is 9.53 Å². The molecule has 20 heavy (non-hydrogen) atoms. The van der Waals surface area contributed by atoms with Crippen molar-refractivity contribution in [2.45, 2.75) is 0 Å². The summed E-state index contributed by atoms with van der Waals surface area (Å²) in [5.74, 6) is -1.09. The van der Waals surface area contributed by atoms with E-state index < -0.39 is 17.9 Å². The third-order valence-electron chi connectivity index (χ3n) is 2.30. The molecule has 0 radical (unpaired) electrons. The number of carbonyl (C=O) groups excluding carboxylic acids is 3. The van der Waals surface area contributed by atoms with Gasteiger partial charge in [0.1, 0.15) is 0 Å². The second-order valence-electron chi connectivity index (χ2n) is 3.67. The molecule has 0 aliphatic heterocycles. The van der Waals surface area contributed by atoms with Crippen molar-refractivity contribution in [2.75, 3.05) is 26.0 Å². The highest BCUT2D eigenvalue weighted by Crippen LogP contribution is 2.21.